The van der Waals surface area contributed by atoms with Crippen molar-refractivity contribution in [3.05, 3.63) is 59.3 Å². The van der Waals surface area contributed by atoms with Gasteiger partial charge in [-0.1, -0.05) is 18.2 Å². The van der Waals surface area contributed by atoms with Gasteiger partial charge in [-0.2, -0.15) is 0 Å². The number of carbonyl (C=O) groups excluding carboxylic acids is 1. The van der Waals surface area contributed by atoms with Crippen LogP contribution in [0.2, 0.25) is 0 Å². The molecule has 0 fully saturated rings. The average molecular weight is 366 g/mol. The Morgan fingerprint density at radius 3 is 2.48 bits per heavy atom. The zero-order chi connectivity index (χ0) is 19.2. The maximum Gasteiger partial charge on any atom is 0.275 e. The molecule has 140 valence electrons. The molecule has 2 aromatic rings. The molecule has 0 saturated carbocycles. The second kappa shape index (κ2) is 8.40. The molecular weight excluding hydrogens is 344 g/mol. The van der Waals surface area contributed by atoms with Gasteiger partial charge in [-0.15, -0.1) is 0 Å². The van der Waals surface area contributed by atoms with Crippen molar-refractivity contribution < 1.29 is 19.0 Å². The summed E-state index contributed by atoms with van der Waals surface area (Å²) in [5.41, 5.74) is 1.86. The van der Waals surface area contributed by atoms with Crippen LogP contribution in [0.15, 0.2) is 53.2 Å². The van der Waals surface area contributed by atoms with Crippen molar-refractivity contribution in [1.82, 2.24) is 5.32 Å². The lowest BCUT2D eigenvalue weighted by atomic mass is 10.1. The third kappa shape index (κ3) is 4.11. The second-order valence-corrected chi connectivity index (χ2v) is 5.72. The van der Waals surface area contributed by atoms with Crippen LogP contribution in [-0.4, -0.2) is 32.1 Å². The van der Waals surface area contributed by atoms with Crippen LogP contribution < -0.4 is 19.5 Å². The monoisotopic (exact) mass is 366 g/mol. The minimum atomic E-state index is -0.261. The summed E-state index contributed by atoms with van der Waals surface area (Å²) in [6.45, 7) is 4.91. The molecule has 0 atom stereocenters. The molecule has 1 aliphatic rings. The van der Waals surface area contributed by atoms with Crippen LogP contribution in [0, 0.1) is 0 Å². The van der Waals surface area contributed by atoms with E-state index in [1.165, 1.54) is 0 Å². The number of amidine groups is 1. The predicted octanol–water partition coefficient (Wildman–Crippen LogP) is 3.41. The van der Waals surface area contributed by atoms with Gasteiger partial charge in [-0.05, 0) is 49.8 Å². The average Bonchev–Trinajstić information content (AvgIpc) is 3.04. The number of amides is 1. The first-order chi connectivity index (χ1) is 13.2. The third-order valence-corrected chi connectivity index (χ3v) is 3.93. The molecule has 0 radical (unpaired) electrons. The Morgan fingerprint density at radius 2 is 1.74 bits per heavy atom. The van der Waals surface area contributed by atoms with E-state index in [1.807, 2.05) is 56.3 Å². The fraction of sp³-hybridized carbons (Fsp3) is 0.238. The minimum Gasteiger partial charge on any atom is -0.496 e. The van der Waals surface area contributed by atoms with Gasteiger partial charge >= 0.3 is 0 Å². The highest BCUT2D eigenvalue weighted by atomic mass is 16.5. The molecule has 1 N–H and O–H groups in total. The normalized spacial score (nSPS) is 14.7. The summed E-state index contributed by atoms with van der Waals surface area (Å²) >= 11 is 0. The Morgan fingerprint density at radius 1 is 1.00 bits per heavy atom. The number of nitrogens with zero attached hydrogens (tertiary/aromatic N) is 1. The van der Waals surface area contributed by atoms with Gasteiger partial charge in [0.15, 0.2) is 11.5 Å². The lowest BCUT2D eigenvalue weighted by Crippen LogP contribution is -2.25. The van der Waals surface area contributed by atoms with Crippen LogP contribution in [0.5, 0.6) is 17.2 Å². The van der Waals surface area contributed by atoms with Gasteiger partial charge in [-0.25, -0.2) is 4.99 Å². The Balaban J connectivity index is 1.93. The number of hydrogen-bond acceptors (Lipinski definition) is 5. The van der Waals surface area contributed by atoms with E-state index in [9.17, 15) is 4.79 Å². The summed E-state index contributed by atoms with van der Waals surface area (Å²) in [4.78, 5) is 16.8. The molecule has 1 amide bonds. The van der Waals surface area contributed by atoms with E-state index in [-0.39, 0.29) is 5.91 Å². The molecule has 0 saturated heterocycles. The molecule has 0 unspecified atom stereocenters. The van der Waals surface area contributed by atoms with E-state index in [4.69, 9.17) is 14.2 Å². The van der Waals surface area contributed by atoms with Gasteiger partial charge in [0.1, 0.15) is 17.3 Å². The summed E-state index contributed by atoms with van der Waals surface area (Å²) < 4.78 is 16.5. The zero-order valence-electron chi connectivity index (χ0n) is 15.6. The molecule has 6 nitrogen and oxygen atoms in total. The molecule has 3 rings (SSSR count). The Labute approximate surface area is 158 Å². The van der Waals surface area contributed by atoms with E-state index in [0.717, 1.165) is 11.1 Å². The highest BCUT2D eigenvalue weighted by Crippen LogP contribution is 2.30. The van der Waals surface area contributed by atoms with Gasteiger partial charge in [-0.3, -0.25) is 4.79 Å². The predicted molar refractivity (Wildman–Crippen MR) is 104 cm³/mol. The van der Waals surface area contributed by atoms with E-state index in [2.05, 4.69) is 10.3 Å². The molecule has 0 spiro atoms. The number of para-hydroxylation sites is 1. The lowest BCUT2D eigenvalue weighted by Gasteiger charge is -2.11. The van der Waals surface area contributed by atoms with Crippen LogP contribution in [-0.2, 0) is 4.79 Å². The number of methoxy groups -OCH3 is 1. The maximum atomic E-state index is 12.4. The van der Waals surface area contributed by atoms with Crippen LogP contribution in [0.25, 0.3) is 6.08 Å². The number of aliphatic imine (C=N–C) groups is 1. The topological polar surface area (TPSA) is 69.2 Å². The maximum absolute atomic E-state index is 12.4. The largest absolute Gasteiger partial charge is 0.496 e. The van der Waals surface area contributed by atoms with Gasteiger partial charge in [0.05, 0.1) is 25.9 Å². The second-order valence-electron chi connectivity index (χ2n) is 5.72. The molecular formula is C21H22N2O4. The Bertz CT molecular complexity index is 903. The Hall–Kier alpha value is -3.28. The summed E-state index contributed by atoms with van der Waals surface area (Å²) in [6.07, 6.45) is 1.72. The van der Waals surface area contributed by atoms with Crippen molar-refractivity contribution in [3.63, 3.8) is 0 Å². The van der Waals surface area contributed by atoms with Crippen LogP contribution in [0.4, 0.5) is 0 Å². The smallest absolute Gasteiger partial charge is 0.275 e. The number of benzene rings is 2. The first-order valence-corrected chi connectivity index (χ1v) is 8.81. The number of ether oxygens (including phenoxy) is 3. The SMILES string of the molecule is CCOc1ccc(/C=C2/N=C(c3ccccc3OC)NC2=O)cc1OCC. The standard InChI is InChI=1S/C21H22N2O4/c1-4-26-18-11-10-14(13-19(18)27-5-2)12-16-21(24)23-20(22-16)15-8-6-7-9-17(15)25-3/h6-13H,4-5H2,1-3H3,(H,22,23,24)/b16-12+. The van der Waals surface area contributed by atoms with E-state index in [0.29, 0.717) is 42.0 Å². The first-order valence-electron chi connectivity index (χ1n) is 8.81. The molecule has 27 heavy (non-hydrogen) atoms. The first kappa shape index (κ1) is 18.5. The highest BCUT2D eigenvalue weighted by Gasteiger charge is 2.23. The fourth-order valence-electron chi connectivity index (χ4n) is 2.75. The van der Waals surface area contributed by atoms with Crippen molar-refractivity contribution in [3.8, 4) is 17.2 Å². The van der Waals surface area contributed by atoms with Crippen LogP contribution in [0.1, 0.15) is 25.0 Å². The van der Waals surface area contributed by atoms with E-state index < -0.39 is 0 Å². The van der Waals surface area contributed by atoms with Crippen molar-refractivity contribution >= 4 is 17.8 Å². The van der Waals surface area contributed by atoms with Gasteiger partial charge in [0, 0.05) is 0 Å². The van der Waals surface area contributed by atoms with E-state index in [1.54, 1.807) is 13.2 Å². The molecule has 1 aliphatic heterocycles. The van der Waals surface area contributed by atoms with Gasteiger partial charge in [0.2, 0.25) is 0 Å². The summed E-state index contributed by atoms with van der Waals surface area (Å²) in [5.74, 6) is 2.18. The molecule has 2 aromatic carbocycles. The van der Waals surface area contributed by atoms with Gasteiger partial charge < -0.3 is 19.5 Å². The summed E-state index contributed by atoms with van der Waals surface area (Å²) in [6, 6.07) is 13.0. The molecule has 6 heteroatoms. The number of carbonyl (C=O) groups is 1. The molecule has 0 aliphatic carbocycles. The summed E-state index contributed by atoms with van der Waals surface area (Å²) in [5, 5.41) is 2.79. The number of nitrogens with one attached hydrogen (secondary N) is 1. The van der Waals surface area contributed by atoms with Crippen LogP contribution in [0.3, 0.4) is 0 Å². The molecule has 1 heterocycles. The van der Waals surface area contributed by atoms with Crippen LogP contribution >= 0.6 is 0 Å². The zero-order valence-corrected chi connectivity index (χ0v) is 15.6. The highest BCUT2D eigenvalue weighted by molar-refractivity contribution is 6.20. The Kier molecular flexibility index (Phi) is 5.76. The van der Waals surface area contributed by atoms with Crippen molar-refractivity contribution in [2.24, 2.45) is 4.99 Å². The summed E-state index contributed by atoms with van der Waals surface area (Å²) in [7, 11) is 1.59. The molecule has 0 aromatic heterocycles. The minimum absolute atomic E-state index is 0.261. The van der Waals surface area contributed by atoms with E-state index >= 15 is 0 Å². The van der Waals surface area contributed by atoms with Crippen molar-refractivity contribution in [1.29, 1.82) is 0 Å². The quantitative estimate of drug-likeness (QED) is 0.763. The van der Waals surface area contributed by atoms with Gasteiger partial charge in [0.25, 0.3) is 5.91 Å². The van der Waals surface area contributed by atoms with Crippen molar-refractivity contribution in [2.75, 3.05) is 20.3 Å². The number of rotatable bonds is 7. The van der Waals surface area contributed by atoms with Crippen molar-refractivity contribution in [2.45, 2.75) is 13.8 Å². The third-order valence-electron chi connectivity index (χ3n) is 3.93. The lowest BCUT2D eigenvalue weighted by molar-refractivity contribution is -0.115. The fourth-order valence-corrected chi connectivity index (χ4v) is 2.75. The molecule has 0 bridgehead atoms. The number of hydrogen-bond donors (Lipinski definition) is 1.